The van der Waals surface area contributed by atoms with E-state index >= 15 is 0 Å². The van der Waals surface area contributed by atoms with Gasteiger partial charge in [-0.3, -0.25) is 62.6 Å². The normalized spacial score (nSPS) is 15.3. The van der Waals surface area contributed by atoms with E-state index in [4.69, 9.17) is 18.9 Å². The third-order valence-corrected chi connectivity index (χ3v) is 29.6. The van der Waals surface area contributed by atoms with Crippen LogP contribution in [0.25, 0.3) is 67.1 Å². The van der Waals surface area contributed by atoms with E-state index in [0.717, 1.165) is 210 Å². The van der Waals surface area contributed by atoms with Crippen molar-refractivity contribution in [1.82, 2.24) is 117 Å². The van der Waals surface area contributed by atoms with Gasteiger partial charge in [-0.25, -0.2) is 15.0 Å². The lowest BCUT2D eigenvalue weighted by atomic mass is 10.0. The summed E-state index contributed by atoms with van der Waals surface area (Å²) in [4.78, 5) is 138. The summed E-state index contributed by atoms with van der Waals surface area (Å²) >= 11 is 0. The number of nitrogens with zero attached hydrogens (tertiary/aromatic N) is 16. The van der Waals surface area contributed by atoms with Gasteiger partial charge in [0.25, 0.3) is 45.9 Å². The van der Waals surface area contributed by atoms with Crippen molar-refractivity contribution in [3.63, 3.8) is 0 Å². The molecule has 0 spiro atoms. The molecule has 0 aromatic carbocycles. The Balaban J connectivity index is 0.000000135. The lowest BCUT2D eigenvalue weighted by molar-refractivity contribution is 0.0187. The van der Waals surface area contributed by atoms with Crippen molar-refractivity contribution in [2.45, 2.75) is 161 Å². The number of carbonyl (C=O) groups excluding carboxylic acids is 4. The largest absolute Gasteiger partial charge is 0.379 e. The number of aryl methyl sites for hydroxylation is 12. The van der Waals surface area contributed by atoms with Crippen LogP contribution in [0.5, 0.6) is 0 Å². The maximum atomic E-state index is 13.5. The number of aromatic amines is 4. The highest BCUT2D eigenvalue weighted by atomic mass is 16.5. The van der Waals surface area contributed by atoms with Crippen LogP contribution in [0.2, 0.25) is 0 Å². The average Bonchev–Trinajstić information content (AvgIpc) is 1.65. The zero-order chi connectivity index (χ0) is 105. The number of carbonyl (C=O) groups is 4. The Hall–Kier alpha value is -14.8. The quantitative estimate of drug-likeness (QED) is 0.0278. The van der Waals surface area contributed by atoms with E-state index in [1.165, 1.54) is 0 Å². The SMILES string of the molecule is Cc1cc(C)c(CNC(=O)c2cc3cc(-c4cn(C)cn4)cn3c(C(C)N3CCOCC3)c2C)c(=O)[nH]1.Cc1cc(C)c(CNC(=O)c2cc3cc(-c4cncn4C)cn3c(C(C)N3CCOCC3)c2C)c(=O)[nH]1.Cc1cc(C)c(CNC(=O)c2cc3cc(-c4cnn(C)c4)cn3c(C(C)N3CCOCC3)c2C)c(=O)[nH]1.Cc1cc(C)c(CNC(=O)c2cc3cc(-c4nccn4C)cn3c(C(C)N3CCOCC3)c2C)c(=O)[nH]1. The topological polar surface area (TPSA) is 387 Å². The first-order valence-corrected chi connectivity index (χ1v) is 50.7. The lowest BCUT2D eigenvalue weighted by Gasteiger charge is -2.34. The molecule has 8 N–H and O–H groups in total. The molecule has 776 valence electrons. The van der Waals surface area contributed by atoms with Gasteiger partial charge in [-0.1, -0.05) is 0 Å². The fraction of sp³-hybridized carbons (Fsp3) is 0.393. The van der Waals surface area contributed by atoms with E-state index in [0.29, 0.717) is 97.4 Å². The molecule has 16 aromatic rings. The van der Waals surface area contributed by atoms with Crippen LogP contribution >= 0.6 is 0 Å². The predicted molar refractivity (Wildman–Crippen MR) is 571 cm³/mol. The van der Waals surface area contributed by atoms with Gasteiger partial charge in [-0.15, -0.1) is 0 Å². The molecule has 0 bridgehead atoms. The predicted octanol–water partition coefficient (Wildman–Crippen LogP) is 13.1. The van der Waals surface area contributed by atoms with Crippen molar-refractivity contribution in [2.24, 2.45) is 28.2 Å². The van der Waals surface area contributed by atoms with Gasteiger partial charge in [-0.2, -0.15) is 5.10 Å². The molecule has 0 aliphatic carbocycles. The van der Waals surface area contributed by atoms with Gasteiger partial charge in [0.1, 0.15) is 5.82 Å². The Morgan fingerprint density at radius 1 is 0.351 bits per heavy atom. The van der Waals surface area contributed by atoms with Gasteiger partial charge in [-0.05, 0) is 228 Å². The number of hydrogen-bond donors (Lipinski definition) is 8. The fourth-order valence-corrected chi connectivity index (χ4v) is 21.5. The van der Waals surface area contributed by atoms with Crippen molar-refractivity contribution < 1.29 is 38.1 Å². The van der Waals surface area contributed by atoms with Crippen LogP contribution < -0.4 is 43.5 Å². The molecule has 4 aliphatic heterocycles. The van der Waals surface area contributed by atoms with Crippen molar-refractivity contribution in [3.8, 4) is 45.0 Å². The molecule has 148 heavy (non-hydrogen) atoms. The van der Waals surface area contributed by atoms with Gasteiger partial charge in [0, 0.05) is 320 Å². The number of amides is 4. The average molecular weight is 2010 g/mol. The maximum Gasteiger partial charge on any atom is 0.253 e. The van der Waals surface area contributed by atoms with E-state index in [9.17, 15) is 38.4 Å². The summed E-state index contributed by atoms with van der Waals surface area (Å²) in [7, 11) is 7.80. The summed E-state index contributed by atoms with van der Waals surface area (Å²) in [5.41, 5.74) is 29.4. The minimum Gasteiger partial charge on any atom is -0.379 e. The van der Waals surface area contributed by atoms with Crippen LogP contribution in [0, 0.1) is 83.1 Å². The van der Waals surface area contributed by atoms with Crippen molar-refractivity contribution >= 4 is 45.7 Å². The van der Waals surface area contributed by atoms with Gasteiger partial charge in [0.05, 0.1) is 89.3 Å². The van der Waals surface area contributed by atoms with E-state index < -0.39 is 0 Å². The molecule has 20 heterocycles. The van der Waals surface area contributed by atoms with Crippen LogP contribution in [0.15, 0.2) is 167 Å². The molecule has 4 unspecified atom stereocenters. The number of ether oxygens (including phenoxy) is 4. The fourth-order valence-electron chi connectivity index (χ4n) is 21.5. The summed E-state index contributed by atoms with van der Waals surface area (Å²) in [6.45, 7) is 44.7. The highest BCUT2D eigenvalue weighted by molar-refractivity contribution is 6.00. The Morgan fingerprint density at radius 2 is 0.662 bits per heavy atom. The molecule has 16 aromatic heterocycles. The number of pyridine rings is 8. The number of aromatic nitrogens is 16. The molecular formula is C112H136N24O12. The van der Waals surface area contributed by atoms with Gasteiger partial charge in [0.2, 0.25) is 0 Å². The lowest BCUT2D eigenvalue weighted by Crippen LogP contribution is -2.39. The molecule has 36 nitrogen and oxygen atoms in total. The molecule has 4 aliphatic rings. The highest BCUT2D eigenvalue weighted by Gasteiger charge is 2.34. The molecular weight excluding hydrogens is 1870 g/mol. The molecule has 0 radical (unpaired) electrons. The second-order valence-electron chi connectivity index (χ2n) is 39.7. The summed E-state index contributed by atoms with van der Waals surface area (Å²) in [6, 6.07) is 24.0. The molecule has 0 saturated carbocycles. The number of morpholine rings is 4. The zero-order valence-electron chi connectivity index (χ0n) is 88.4. The van der Waals surface area contributed by atoms with Crippen LogP contribution in [-0.2, 0) is 73.3 Å². The van der Waals surface area contributed by atoms with E-state index in [2.05, 4.69) is 175 Å². The molecule has 4 atom stereocenters. The maximum absolute atomic E-state index is 13.5. The Morgan fingerprint density at radius 3 is 0.953 bits per heavy atom. The van der Waals surface area contributed by atoms with Gasteiger partial charge >= 0.3 is 0 Å². The molecule has 4 amide bonds. The van der Waals surface area contributed by atoms with Gasteiger partial charge in [0.15, 0.2) is 0 Å². The van der Waals surface area contributed by atoms with Crippen LogP contribution in [0.1, 0.15) is 206 Å². The standard InChI is InChI=1S/4C28H34N6O3/c1-17-10-18(2)31-28(36)25(17)14-29-27(35)24-12-23-11-21(22-13-30-32(5)15-22)16-34(23)26(19(24)3)20(4)33-6-8-37-9-7-33;1-17-10-18(2)31-28(36)24(17)13-30-27(35)23-12-22-11-21(25-14-29-16-32(25)5)15-34(22)26(19(23)3)20(4)33-6-8-37-9-7-33;1-17-10-18(2)31-28(36)24(17)13-29-27(35)23-12-22-11-21(25-15-32(5)16-30-25)14-34(22)26(19(23)3)20(4)33-6-8-37-9-7-33;1-17-12-18(2)31-28(36)24(17)15-30-27(35)23-14-22-13-21(26-29-6-7-32(26)5)16-34(22)25(19(23)3)20(4)33-8-10-37-11-9-33/h10-13,15-16,20H,6-9,14H2,1-5H3,(H,29,35)(H,31,36);10-12,14-16,20H,6-9,13H2,1-5H3,(H,30,35)(H,31,36);10-12,14-16,20H,6-9,13H2,1-5H3,(H,29,35)(H,31,36);6-7,12-14,16,20H,8-11,15H2,1-5H3,(H,30,35)(H,31,36). The number of nitrogens with one attached hydrogen (secondary N) is 8. The van der Waals surface area contributed by atoms with E-state index in [-0.39, 0.29) is 96.2 Å². The monoisotopic (exact) mass is 2010 g/mol. The van der Waals surface area contributed by atoms with Crippen LogP contribution in [0.4, 0.5) is 0 Å². The number of H-pyrrole nitrogens is 4. The highest BCUT2D eigenvalue weighted by Crippen LogP contribution is 2.39. The summed E-state index contributed by atoms with van der Waals surface area (Å²) < 4.78 is 38.8. The summed E-state index contributed by atoms with van der Waals surface area (Å²) in [5, 5.41) is 16.3. The van der Waals surface area contributed by atoms with Crippen LogP contribution in [0.3, 0.4) is 0 Å². The molecule has 4 saturated heterocycles. The van der Waals surface area contributed by atoms with E-state index in [1.54, 1.807) is 23.5 Å². The number of rotatable bonds is 24. The second-order valence-corrected chi connectivity index (χ2v) is 39.7. The zero-order valence-corrected chi connectivity index (χ0v) is 88.4. The third kappa shape index (κ3) is 22.4. The summed E-state index contributed by atoms with van der Waals surface area (Å²) in [6.07, 6.45) is 23.4. The first-order chi connectivity index (χ1) is 70.9. The molecule has 20 rings (SSSR count). The third-order valence-electron chi connectivity index (χ3n) is 29.6. The van der Waals surface area contributed by atoms with Crippen LogP contribution in [-0.4, -0.2) is 224 Å². The Labute approximate surface area is 858 Å². The van der Waals surface area contributed by atoms with Crippen molar-refractivity contribution in [1.29, 1.82) is 0 Å². The second kappa shape index (κ2) is 44.9. The minimum absolute atomic E-state index is 0.0722. The van der Waals surface area contributed by atoms with E-state index in [1.807, 2.05) is 204 Å². The Bertz CT molecular complexity index is 7470. The summed E-state index contributed by atoms with van der Waals surface area (Å²) in [5.74, 6) is 0.0772. The first-order valence-electron chi connectivity index (χ1n) is 50.7. The molecule has 36 heteroatoms. The number of imidazole rings is 3. The smallest absolute Gasteiger partial charge is 0.253 e. The number of hydrogen-bond acceptors (Lipinski definition) is 20. The Kier molecular flexibility index (Phi) is 31.7. The minimum atomic E-state index is -0.199. The molecule has 4 fully saturated rings. The van der Waals surface area contributed by atoms with Gasteiger partial charge < -0.3 is 91.5 Å². The first kappa shape index (κ1) is 105. The van der Waals surface area contributed by atoms with Crippen molar-refractivity contribution in [3.05, 3.63) is 323 Å². The van der Waals surface area contributed by atoms with Crippen molar-refractivity contribution in [2.75, 3.05) is 105 Å². The number of fused-ring (bicyclic) bond motifs is 4.